The van der Waals surface area contributed by atoms with Crippen LogP contribution in [-0.4, -0.2) is 83.6 Å². The molecule has 1 aromatic heterocycles. The fourth-order valence-electron chi connectivity index (χ4n) is 7.13. The molecule has 1 aliphatic carbocycles. The number of anilines is 1. The van der Waals surface area contributed by atoms with Crippen LogP contribution in [0.2, 0.25) is 0 Å². The molecule has 53 heavy (non-hydrogen) atoms. The number of hydrogen-bond donors (Lipinski definition) is 2. The van der Waals surface area contributed by atoms with Gasteiger partial charge in [0.25, 0.3) is 36.4 Å². The van der Waals surface area contributed by atoms with Crippen molar-refractivity contribution in [2.24, 2.45) is 16.3 Å². The molecule has 3 N–H and O–H groups in total. The van der Waals surface area contributed by atoms with Crippen LogP contribution in [0.25, 0.3) is 11.1 Å². The monoisotopic (exact) mass is 754 g/mol. The van der Waals surface area contributed by atoms with E-state index in [0.717, 1.165) is 24.3 Å². The van der Waals surface area contributed by atoms with Gasteiger partial charge in [-0.05, 0) is 46.9 Å². The Morgan fingerprint density at radius 2 is 1.68 bits per heavy atom. The number of hydrogen-bond acceptors (Lipinski definition) is 7. The minimum absolute atomic E-state index is 0.0301. The van der Waals surface area contributed by atoms with E-state index in [1.165, 1.54) is 12.3 Å². The second kappa shape index (κ2) is 13.1. The third-order valence-corrected chi connectivity index (χ3v) is 9.63. The Balaban J connectivity index is 1.30. The van der Waals surface area contributed by atoms with Gasteiger partial charge in [0.1, 0.15) is 23.0 Å². The predicted molar refractivity (Wildman–Crippen MR) is 166 cm³/mol. The number of azo groups is 2. The van der Waals surface area contributed by atoms with Crippen molar-refractivity contribution in [3.05, 3.63) is 88.1 Å². The Labute approximate surface area is 294 Å². The average Bonchev–Trinajstić information content (AvgIpc) is 3.43. The van der Waals surface area contributed by atoms with Crippen LogP contribution in [0.1, 0.15) is 40.5 Å². The van der Waals surface area contributed by atoms with Gasteiger partial charge in [0.15, 0.2) is 0 Å². The van der Waals surface area contributed by atoms with Crippen LogP contribution in [0.4, 0.5) is 45.5 Å². The SMILES string of the molecule is NC(=O)c1cc(-c2cnc(N3CC4(COC4)C3)nc2[C@H](Cc2cc(F)cc(F)c2)NC(=O)C[N+]2=NC(C(F)F)C3=C2C(F)(F)CCC3(F)F)ccc1F. The minimum Gasteiger partial charge on any atom is -0.380 e. The van der Waals surface area contributed by atoms with Crippen LogP contribution in [-0.2, 0) is 16.0 Å². The van der Waals surface area contributed by atoms with Gasteiger partial charge < -0.3 is 20.7 Å². The van der Waals surface area contributed by atoms with Crippen LogP contribution < -0.4 is 16.0 Å². The van der Waals surface area contributed by atoms with Crippen molar-refractivity contribution in [2.75, 3.05) is 37.7 Å². The molecular weight excluding hydrogens is 725 g/mol. The molecule has 4 heterocycles. The molecule has 1 spiro atoms. The highest BCUT2D eigenvalue weighted by Crippen LogP contribution is 2.51. The summed E-state index contributed by atoms with van der Waals surface area (Å²) in [6.07, 6.45) is -5.52. The number of allylic oxidation sites excluding steroid dienone is 1. The van der Waals surface area contributed by atoms with E-state index >= 15 is 8.78 Å². The molecular formula is C34H29F9N7O3+. The molecule has 1 unspecified atom stereocenters. The summed E-state index contributed by atoms with van der Waals surface area (Å²) >= 11 is 0. The lowest BCUT2D eigenvalue weighted by atomic mass is 9.78. The van der Waals surface area contributed by atoms with E-state index in [1.54, 1.807) is 4.90 Å². The zero-order valence-corrected chi connectivity index (χ0v) is 27.4. The molecule has 4 aliphatic rings. The van der Waals surface area contributed by atoms with E-state index < -0.39 is 102 Å². The standard InChI is InChI=1S/C34H28F9N7O3/c35-18-5-16(6-19(36)9-18)7-23(46-24(51)11-50-28-25(27(48-50)29(38)39)33(40,41)3-4-34(28,42)43)26-21(17-1-2-22(37)20(8-17)30(44)52)10-45-31(47-26)49-12-32(13-49)14-53-15-32/h1-2,5-6,8-10,23,27,29H,3-4,7,11-15H2,(H2-,44,46,51,52)/p+1/t23-,27?/m0/s1. The van der Waals surface area contributed by atoms with Gasteiger partial charge in [0.05, 0.1) is 35.9 Å². The van der Waals surface area contributed by atoms with Crippen molar-refractivity contribution < 1.29 is 58.5 Å². The highest BCUT2D eigenvalue weighted by molar-refractivity contribution is 5.94. The van der Waals surface area contributed by atoms with E-state index in [-0.39, 0.29) is 38.4 Å². The molecule has 10 nitrogen and oxygen atoms in total. The number of ether oxygens (including phenoxy) is 1. The van der Waals surface area contributed by atoms with Gasteiger partial charge in [-0.1, -0.05) is 10.8 Å². The highest BCUT2D eigenvalue weighted by Gasteiger charge is 2.64. The van der Waals surface area contributed by atoms with E-state index in [1.807, 2.05) is 0 Å². The number of aromatic nitrogens is 2. The third-order valence-electron chi connectivity index (χ3n) is 9.63. The minimum atomic E-state index is -4.05. The van der Waals surface area contributed by atoms with E-state index in [0.29, 0.717) is 32.4 Å². The van der Waals surface area contributed by atoms with Crippen LogP contribution in [0.3, 0.4) is 0 Å². The molecule has 2 aromatic carbocycles. The fraction of sp³-hybridized carbons (Fsp3) is 0.412. The van der Waals surface area contributed by atoms with Crippen LogP contribution in [0.5, 0.6) is 0 Å². The van der Waals surface area contributed by atoms with Gasteiger partial charge in [-0.2, -0.15) is 8.78 Å². The van der Waals surface area contributed by atoms with Crippen LogP contribution >= 0.6 is 0 Å². The maximum Gasteiger partial charge on any atom is 0.332 e. The number of amides is 2. The summed E-state index contributed by atoms with van der Waals surface area (Å²) in [5.41, 5.74) is 1.76. The van der Waals surface area contributed by atoms with Crippen molar-refractivity contribution in [3.8, 4) is 11.1 Å². The number of carbonyl (C=O) groups excluding carboxylic acids is 2. The molecule has 280 valence electrons. The molecule has 2 fully saturated rings. The molecule has 2 atom stereocenters. The average molecular weight is 755 g/mol. The van der Waals surface area contributed by atoms with Gasteiger partial charge in [-0.3, -0.25) is 9.59 Å². The lowest BCUT2D eigenvalue weighted by Crippen LogP contribution is -2.66. The molecule has 0 saturated carbocycles. The topological polar surface area (TPSA) is 126 Å². The second-order valence-electron chi connectivity index (χ2n) is 13.6. The number of benzene rings is 2. The van der Waals surface area contributed by atoms with Crippen molar-refractivity contribution in [1.29, 1.82) is 0 Å². The summed E-state index contributed by atoms with van der Waals surface area (Å²) in [4.78, 5) is 36.6. The molecule has 0 radical (unpaired) electrons. The van der Waals surface area contributed by atoms with E-state index in [4.69, 9.17) is 10.5 Å². The molecule has 3 aliphatic heterocycles. The third kappa shape index (κ3) is 6.81. The molecule has 0 bridgehead atoms. The van der Waals surface area contributed by atoms with E-state index in [2.05, 4.69) is 20.4 Å². The predicted octanol–water partition coefficient (Wildman–Crippen LogP) is 5.33. The van der Waals surface area contributed by atoms with Crippen molar-refractivity contribution >= 4 is 17.8 Å². The number of primary amides is 1. The van der Waals surface area contributed by atoms with Gasteiger partial charge in [-0.25, -0.2) is 40.7 Å². The summed E-state index contributed by atoms with van der Waals surface area (Å²) in [5.74, 6) is -13.2. The Morgan fingerprint density at radius 3 is 2.30 bits per heavy atom. The Kier molecular flexibility index (Phi) is 8.97. The zero-order chi connectivity index (χ0) is 38.0. The van der Waals surface area contributed by atoms with Gasteiger partial charge in [-0.15, -0.1) is 0 Å². The van der Waals surface area contributed by atoms with Crippen molar-refractivity contribution in [1.82, 2.24) is 15.3 Å². The summed E-state index contributed by atoms with van der Waals surface area (Å²) in [7, 11) is 0. The number of carbonyl (C=O) groups is 2. The first-order valence-electron chi connectivity index (χ1n) is 16.3. The van der Waals surface area contributed by atoms with E-state index in [9.17, 15) is 40.3 Å². The maximum absolute atomic E-state index is 15.1. The summed E-state index contributed by atoms with van der Waals surface area (Å²) in [5, 5.41) is 5.91. The first-order chi connectivity index (χ1) is 24.9. The first kappa shape index (κ1) is 36.3. The number of alkyl halides is 6. The quantitative estimate of drug-likeness (QED) is 0.213. The number of halogens is 9. The number of nitrogens with zero attached hydrogens (tertiary/aromatic N) is 5. The van der Waals surface area contributed by atoms with Crippen LogP contribution in [0.15, 0.2) is 59.0 Å². The second-order valence-corrected chi connectivity index (χ2v) is 13.6. The first-order valence-corrected chi connectivity index (χ1v) is 16.3. The zero-order valence-electron chi connectivity index (χ0n) is 27.4. The normalized spacial score (nSPS) is 21.5. The van der Waals surface area contributed by atoms with Gasteiger partial charge >= 0.3 is 5.92 Å². The molecule has 3 aromatic rings. The lowest BCUT2D eigenvalue weighted by molar-refractivity contribution is -0.549. The maximum atomic E-state index is 15.1. The largest absolute Gasteiger partial charge is 0.380 e. The Morgan fingerprint density at radius 1 is 1.00 bits per heavy atom. The van der Waals surface area contributed by atoms with Gasteiger partial charge in [0, 0.05) is 43.8 Å². The van der Waals surface area contributed by atoms with Crippen LogP contribution in [0, 0.1) is 22.9 Å². The Hall–Kier alpha value is -5.07. The smallest absolute Gasteiger partial charge is 0.332 e. The molecule has 19 heteroatoms. The highest BCUT2D eigenvalue weighted by atomic mass is 19.3. The fourth-order valence-corrected chi connectivity index (χ4v) is 7.13. The van der Waals surface area contributed by atoms with Crippen molar-refractivity contribution in [3.63, 3.8) is 0 Å². The number of nitrogens with two attached hydrogens (primary N) is 1. The van der Waals surface area contributed by atoms with Gasteiger partial charge in [0.2, 0.25) is 12.0 Å². The number of rotatable bonds is 10. The summed E-state index contributed by atoms with van der Waals surface area (Å²) in [6, 6.07) is 1.73. The lowest BCUT2D eigenvalue weighted by Gasteiger charge is -2.54. The summed E-state index contributed by atoms with van der Waals surface area (Å²) in [6.45, 7) is 0.740. The molecule has 2 amide bonds. The van der Waals surface area contributed by atoms with Crippen molar-refractivity contribution in [2.45, 2.75) is 49.6 Å². The Bertz CT molecular complexity index is 2040. The molecule has 2 saturated heterocycles. The summed E-state index contributed by atoms with van der Waals surface area (Å²) < 4.78 is 136. The number of nitrogens with one attached hydrogen (secondary N) is 1. The molecule has 7 rings (SSSR count).